The minimum atomic E-state index is -0.115. The van der Waals surface area contributed by atoms with Gasteiger partial charge in [-0.05, 0) is 142 Å². The molecule has 0 aliphatic heterocycles. The second-order valence-electron chi connectivity index (χ2n) is 24.9. The van der Waals surface area contributed by atoms with Crippen molar-refractivity contribution in [1.29, 1.82) is 0 Å². The van der Waals surface area contributed by atoms with E-state index in [9.17, 15) is 0 Å². The van der Waals surface area contributed by atoms with Gasteiger partial charge in [-0.2, -0.15) is 0 Å². The van der Waals surface area contributed by atoms with E-state index in [1.807, 2.05) is 0 Å². The van der Waals surface area contributed by atoms with Gasteiger partial charge < -0.3 is 9.13 Å². The van der Waals surface area contributed by atoms with Crippen molar-refractivity contribution >= 4 is 43.6 Å². The van der Waals surface area contributed by atoms with Crippen LogP contribution in [0.15, 0.2) is 164 Å². The van der Waals surface area contributed by atoms with Crippen molar-refractivity contribution in [2.45, 2.75) is 119 Å². The molecule has 0 aliphatic carbocycles. The van der Waals surface area contributed by atoms with Crippen molar-refractivity contribution in [2.75, 3.05) is 0 Å². The van der Waals surface area contributed by atoms with Crippen LogP contribution in [0.4, 0.5) is 0 Å². The molecule has 11 aromatic rings. The standard InChI is InChI=1S/C69H69N5/c1-42-27-30-60-54(33-42)52-22-16-19-25-58(52)73(60)57-24-18-15-21-51(57)44-29-32-62(74-59-26-20-17-23-53(59)55-34-43(2)28-31-61(55)74)56(39-44)65-71-63(45-35-47(66(3,4)5)40-48(36-45)67(6,7)8)70-64(72-65)46-37-49(68(9,10)11)41-50(38-46)69(12,13)14/h15-41H,1-14H3. The Morgan fingerprint density at radius 3 is 1.12 bits per heavy atom. The quantitative estimate of drug-likeness (QED) is 0.167. The molecule has 0 spiro atoms. The monoisotopic (exact) mass is 968 g/mol. The number of hydrogen-bond donors (Lipinski definition) is 0. The summed E-state index contributed by atoms with van der Waals surface area (Å²) in [4.78, 5) is 16.9. The van der Waals surface area contributed by atoms with E-state index in [1.165, 1.54) is 66.0 Å². The lowest BCUT2D eigenvalue weighted by Gasteiger charge is -2.26. The number of para-hydroxylation sites is 3. The van der Waals surface area contributed by atoms with Crippen molar-refractivity contribution < 1.29 is 0 Å². The Bertz CT molecular complexity index is 3860. The fourth-order valence-electron chi connectivity index (χ4n) is 10.7. The number of aromatic nitrogens is 5. The van der Waals surface area contributed by atoms with Crippen molar-refractivity contribution in [2.24, 2.45) is 0 Å². The molecular weight excluding hydrogens is 899 g/mol. The Hall–Kier alpha value is -7.63. The van der Waals surface area contributed by atoms with Crippen molar-refractivity contribution in [3.05, 3.63) is 197 Å². The summed E-state index contributed by atoms with van der Waals surface area (Å²) in [5.41, 5.74) is 18.7. The first-order valence-electron chi connectivity index (χ1n) is 26.3. The van der Waals surface area contributed by atoms with Gasteiger partial charge in [0.05, 0.1) is 33.4 Å². The third-order valence-corrected chi connectivity index (χ3v) is 15.1. The average molecular weight is 968 g/mol. The van der Waals surface area contributed by atoms with Gasteiger partial charge in [0.1, 0.15) is 0 Å². The van der Waals surface area contributed by atoms with Gasteiger partial charge in [-0.25, -0.2) is 15.0 Å². The normalized spacial score (nSPS) is 12.7. The summed E-state index contributed by atoms with van der Waals surface area (Å²) in [5, 5.41) is 4.89. The molecule has 370 valence electrons. The van der Waals surface area contributed by atoms with E-state index in [4.69, 9.17) is 15.0 Å². The summed E-state index contributed by atoms with van der Waals surface area (Å²) in [7, 11) is 0. The van der Waals surface area contributed by atoms with Crippen LogP contribution in [0.3, 0.4) is 0 Å². The molecule has 0 aliphatic rings. The van der Waals surface area contributed by atoms with Crippen LogP contribution in [0.5, 0.6) is 0 Å². The number of nitrogens with zero attached hydrogens (tertiary/aromatic N) is 5. The van der Waals surface area contributed by atoms with Gasteiger partial charge in [0.2, 0.25) is 0 Å². The van der Waals surface area contributed by atoms with Gasteiger partial charge >= 0.3 is 0 Å². The van der Waals surface area contributed by atoms with Crippen LogP contribution in [0.2, 0.25) is 0 Å². The van der Waals surface area contributed by atoms with E-state index in [0.29, 0.717) is 17.5 Å². The highest BCUT2D eigenvalue weighted by atomic mass is 15.1. The summed E-state index contributed by atoms with van der Waals surface area (Å²) >= 11 is 0. The Balaban J connectivity index is 1.26. The predicted octanol–water partition coefficient (Wildman–Crippen LogP) is 18.5. The van der Waals surface area contributed by atoms with Crippen LogP contribution >= 0.6 is 0 Å². The highest BCUT2D eigenvalue weighted by Gasteiger charge is 2.27. The maximum atomic E-state index is 5.69. The van der Waals surface area contributed by atoms with E-state index in [0.717, 1.165) is 50.2 Å². The molecular formula is C69H69N5. The van der Waals surface area contributed by atoms with E-state index in [1.54, 1.807) is 0 Å². The lowest BCUT2D eigenvalue weighted by molar-refractivity contribution is 0.568. The maximum absolute atomic E-state index is 5.69. The van der Waals surface area contributed by atoms with Crippen LogP contribution in [0, 0.1) is 13.8 Å². The molecule has 3 aromatic heterocycles. The second-order valence-corrected chi connectivity index (χ2v) is 24.9. The Morgan fingerprint density at radius 1 is 0.297 bits per heavy atom. The molecule has 5 nitrogen and oxygen atoms in total. The molecule has 8 aromatic carbocycles. The molecule has 5 heteroatoms. The Labute approximate surface area is 438 Å². The van der Waals surface area contributed by atoms with Crippen LogP contribution in [0.1, 0.15) is 116 Å². The third kappa shape index (κ3) is 8.70. The van der Waals surface area contributed by atoms with E-state index in [-0.39, 0.29) is 21.7 Å². The fourth-order valence-corrected chi connectivity index (χ4v) is 10.7. The molecule has 0 atom stereocenters. The summed E-state index contributed by atoms with van der Waals surface area (Å²) in [6, 6.07) is 60.9. The number of fused-ring (bicyclic) bond motifs is 6. The van der Waals surface area contributed by atoms with Gasteiger partial charge in [-0.3, -0.25) is 0 Å². The van der Waals surface area contributed by atoms with Gasteiger partial charge in [-0.15, -0.1) is 0 Å². The summed E-state index contributed by atoms with van der Waals surface area (Å²) in [6.45, 7) is 31.8. The van der Waals surface area contributed by atoms with Crippen LogP contribution in [-0.2, 0) is 21.7 Å². The first-order chi connectivity index (χ1) is 35.0. The van der Waals surface area contributed by atoms with Crippen LogP contribution < -0.4 is 0 Å². The fraction of sp³-hybridized carbons (Fsp3) is 0.261. The molecule has 0 saturated heterocycles. The molecule has 0 N–H and O–H groups in total. The lowest BCUT2D eigenvalue weighted by atomic mass is 9.79. The van der Waals surface area contributed by atoms with Gasteiger partial charge in [0, 0.05) is 43.8 Å². The van der Waals surface area contributed by atoms with Crippen molar-refractivity contribution in [3.8, 4) is 56.7 Å². The first-order valence-corrected chi connectivity index (χ1v) is 26.3. The van der Waals surface area contributed by atoms with E-state index >= 15 is 0 Å². The number of rotatable bonds is 6. The smallest absolute Gasteiger partial charge is 0.166 e. The van der Waals surface area contributed by atoms with Gasteiger partial charge in [0.15, 0.2) is 17.5 Å². The van der Waals surface area contributed by atoms with Crippen LogP contribution in [-0.4, -0.2) is 24.1 Å². The summed E-state index contributed by atoms with van der Waals surface area (Å²) in [6.07, 6.45) is 0. The minimum Gasteiger partial charge on any atom is -0.309 e. The van der Waals surface area contributed by atoms with Gasteiger partial charge in [0.25, 0.3) is 0 Å². The average Bonchev–Trinajstić information content (AvgIpc) is 3.86. The SMILES string of the molecule is Cc1ccc2c(c1)c1ccccc1n2-c1ccccc1-c1ccc(-n2c3ccccc3c3cc(C)ccc32)c(-c2nc(-c3cc(C(C)(C)C)cc(C(C)(C)C)c3)nc(-c3cc(C(C)(C)C)cc(C(C)(C)C)c3)n2)c1. The summed E-state index contributed by atoms with van der Waals surface area (Å²) in [5.74, 6) is 1.91. The zero-order valence-electron chi connectivity index (χ0n) is 45.8. The van der Waals surface area contributed by atoms with Gasteiger partial charge in [-0.1, -0.05) is 179 Å². The highest BCUT2D eigenvalue weighted by Crippen LogP contribution is 2.43. The number of benzene rings is 8. The second kappa shape index (κ2) is 17.5. The lowest BCUT2D eigenvalue weighted by Crippen LogP contribution is -2.17. The predicted molar refractivity (Wildman–Crippen MR) is 315 cm³/mol. The maximum Gasteiger partial charge on any atom is 0.166 e. The Kier molecular flexibility index (Phi) is 11.5. The number of aryl methyl sites for hydroxylation is 2. The molecule has 0 radical (unpaired) electrons. The zero-order chi connectivity index (χ0) is 52.2. The topological polar surface area (TPSA) is 48.5 Å². The molecule has 0 unspecified atom stereocenters. The molecule has 11 rings (SSSR count). The molecule has 74 heavy (non-hydrogen) atoms. The first kappa shape index (κ1) is 48.6. The summed E-state index contributed by atoms with van der Waals surface area (Å²) < 4.78 is 4.86. The van der Waals surface area contributed by atoms with Crippen molar-refractivity contribution in [3.63, 3.8) is 0 Å². The molecule has 0 amide bonds. The van der Waals surface area contributed by atoms with E-state index in [2.05, 4.69) is 270 Å². The largest absolute Gasteiger partial charge is 0.309 e. The Morgan fingerprint density at radius 2 is 0.676 bits per heavy atom. The molecule has 0 saturated carbocycles. The molecule has 3 heterocycles. The van der Waals surface area contributed by atoms with Crippen LogP contribution in [0.25, 0.3) is 100 Å². The molecule has 0 fully saturated rings. The minimum absolute atomic E-state index is 0.115. The zero-order valence-corrected chi connectivity index (χ0v) is 45.8. The number of hydrogen-bond acceptors (Lipinski definition) is 3. The molecule has 0 bridgehead atoms. The van der Waals surface area contributed by atoms with E-state index < -0.39 is 0 Å². The third-order valence-electron chi connectivity index (χ3n) is 15.1. The van der Waals surface area contributed by atoms with Crippen molar-refractivity contribution in [1.82, 2.24) is 24.1 Å². The highest BCUT2D eigenvalue weighted by molar-refractivity contribution is 6.11.